The Bertz CT molecular complexity index is 575. The van der Waals surface area contributed by atoms with Crippen molar-refractivity contribution >= 4 is 17.3 Å². The molecule has 2 rings (SSSR count). The summed E-state index contributed by atoms with van der Waals surface area (Å²) in [4.78, 5) is 0. The Kier molecular flexibility index (Phi) is 3.58. The van der Waals surface area contributed by atoms with Crippen LogP contribution in [0.15, 0.2) is 36.4 Å². The van der Waals surface area contributed by atoms with Gasteiger partial charge in [-0.3, -0.25) is 0 Å². The van der Waals surface area contributed by atoms with E-state index in [2.05, 4.69) is 0 Å². The zero-order valence-electron chi connectivity index (χ0n) is 9.61. The average molecular weight is 268 g/mol. The number of halogens is 2. The molecule has 0 aliphatic rings. The molecule has 0 radical (unpaired) electrons. The molecular formula is C13H11ClFNO2. The van der Waals surface area contributed by atoms with Crippen LogP contribution >= 0.6 is 11.6 Å². The van der Waals surface area contributed by atoms with Crippen LogP contribution in [-0.2, 0) is 0 Å². The lowest BCUT2D eigenvalue weighted by molar-refractivity contribution is 0.379. The van der Waals surface area contributed by atoms with Crippen molar-refractivity contribution in [3.63, 3.8) is 0 Å². The Labute approximate surface area is 109 Å². The highest BCUT2D eigenvalue weighted by Gasteiger charge is 2.09. The van der Waals surface area contributed by atoms with Crippen molar-refractivity contribution in [2.45, 2.75) is 0 Å². The Balaban J connectivity index is 2.33. The van der Waals surface area contributed by atoms with Crippen LogP contribution in [0.1, 0.15) is 0 Å². The molecule has 0 saturated heterocycles. The summed E-state index contributed by atoms with van der Waals surface area (Å²) in [6, 6.07) is 8.87. The number of nitrogens with two attached hydrogens (primary N) is 1. The minimum Gasteiger partial charge on any atom is -0.493 e. The summed E-state index contributed by atoms with van der Waals surface area (Å²) in [6.07, 6.45) is 0. The predicted molar refractivity (Wildman–Crippen MR) is 68.9 cm³/mol. The third kappa shape index (κ3) is 2.65. The first-order chi connectivity index (χ1) is 8.60. The third-order valence-electron chi connectivity index (χ3n) is 2.30. The summed E-state index contributed by atoms with van der Waals surface area (Å²) >= 11 is 5.88. The highest BCUT2D eigenvalue weighted by atomic mass is 35.5. The molecule has 0 saturated carbocycles. The van der Waals surface area contributed by atoms with Gasteiger partial charge in [0.15, 0.2) is 11.5 Å². The SMILES string of the molecule is COc1cc(N)ccc1Oc1ccc(F)cc1Cl. The van der Waals surface area contributed by atoms with Crippen LogP contribution < -0.4 is 15.2 Å². The average Bonchev–Trinajstić information content (AvgIpc) is 2.34. The fourth-order valence-electron chi connectivity index (χ4n) is 1.44. The van der Waals surface area contributed by atoms with Gasteiger partial charge < -0.3 is 15.2 Å². The Morgan fingerprint density at radius 3 is 2.44 bits per heavy atom. The molecule has 0 spiro atoms. The van der Waals surface area contributed by atoms with Gasteiger partial charge in [-0.05, 0) is 30.3 Å². The Morgan fingerprint density at radius 1 is 1.06 bits per heavy atom. The maximum atomic E-state index is 12.9. The third-order valence-corrected chi connectivity index (χ3v) is 2.60. The van der Waals surface area contributed by atoms with Crippen molar-refractivity contribution in [2.75, 3.05) is 12.8 Å². The highest BCUT2D eigenvalue weighted by Crippen LogP contribution is 2.36. The van der Waals surface area contributed by atoms with Crippen LogP contribution in [-0.4, -0.2) is 7.11 Å². The molecule has 94 valence electrons. The van der Waals surface area contributed by atoms with Crippen LogP contribution in [0.4, 0.5) is 10.1 Å². The maximum Gasteiger partial charge on any atom is 0.169 e. The zero-order valence-corrected chi connectivity index (χ0v) is 10.4. The molecule has 0 aliphatic carbocycles. The van der Waals surface area contributed by atoms with Crippen LogP contribution in [0.5, 0.6) is 17.2 Å². The second kappa shape index (κ2) is 5.14. The molecule has 0 aliphatic heterocycles. The van der Waals surface area contributed by atoms with E-state index in [-0.39, 0.29) is 5.02 Å². The molecule has 0 bridgehead atoms. The first-order valence-electron chi connectivity index (χ1n) is 5.16. The van der Waals surface area contributed by atoms with E-state index in [1.54, 1.807) is 18.2 Å². The lowest BCUT2D eigenvalue weighted by Crippen LogP contribution is -1.93. The quantitative estimate of drug-likeness (QED) is 0.859. The number of methoxy groups -OCH3 is 1. The molecule has 0 fully saturated rings. The normalized spacial score (nSPS) is 10.2. The van der Waals surface area contributed by atoms with Crippen LogP contribution in [0.3, 0.4) is 0 Å². The van der Waals surface area contributed by atoms with Crippen molar-refractivity contribution in [1.82, 2.24) is 0 Å². The standard InChI is InChI=1S/C13H11ClFNO2/c1-17-13-7-9(16)3-5-12(13)18-11-4-2-8(15)6-10(11)14/h2-7H,16H2,1H3. The largest absolute Gasteiger partial charge is 0.493 e. The molecule has 18 heavy (non-hydrogen) atoms. The van der Waals surface area contributed by atoms with Crippen LogP contribution in [0.25, 0.3) is 0 Å². The number of nitrogen functional groups attached to an aromatic ring is 1. The molecule has 0 amide bonds. The first-order valence-corrected chi connectivity index (χ1v) is 5.54. The fourth-order valence-corrected chi connectivity index (χ4v) is 1.65. The second-order valence-electron chi connectivity index (χ2n) is 3.59. The van der Waals surface area contributed by atoms with Gasteiger partial charge in [-0.1, -0.05) is 11.6 Å². The van der Waals surface area contributed by atoms with Gasteiger partial charge in [-0.15, -0.1) is 0 Å². The van der Waals surface area contributed by atoms with E-state index in [1.165, 1.54) is 25.3 Å². The van der Waals surface area contributed by atoms with E-state index < -0.39 is 5.82 Å². The molecule has 2 N–H and O–H groups in total. The van der Waals surface area contributed by atoms with Gasteiger partial charge in [0.05, 0.1) is 12.1 Å². The van der Waals surface area contributed by atoms with Gasteiger partial charge in [0.25, 0.3) is 0 Å². The van der Waals surface area contributed by atoms with Gasteiger partial charge in [-0.25, -0.2) is 4.39 Å². The van der Waals surface area contributed by atoms with Gasteiger partial charge in [-0.2, -0.15) is 0 Å². The summed E-state index contributed by atoms with van der Waals surface area (Å²) < 4.78 is 23.6. The van der Waals surface area contributed by atoms with Crippen LogP contribution in [0.2, 0.25) is 5.02 Å². The first kappa shape index (κ1) is 12.5. The van der Waals surface area contributed by atoms with E-state index in [9.17, 15) is 4.39 Å². The molecule has 0 atom stereocenters. The molecule has 5 heteroatoms. The monoisotopic (exact) mass is 267 g/mol. The zero-order chi connectivity index (χ0) is 13.1. The predicted octanol–water partition coefficient (Wildman–Crippen LogP) is 3.86. The van der Waals surface area contributed by atoms with Crippen molar-refractivity contribution in [3.8, 4) is 17.2 Å². The lowest BCUT2D eigenvalue weighted by Gasteiger charge is -2.11. The minimum atomic E-state index is -0.420. The van der Waals surface area contributed by atoms with Gasteiger partial charge in [0.1, 0.15) is 11.6 Å². The van der Waals surface area contributed by atoms with Crippen molar-refractivity contribution in [3.05, 3.63) is 47.2 Å². The maximum absolute atomic E-state index is 12.9. The Hall–Kier alpha value is -1.94. The van der Waals surface area contributed by atoms with Crippen molar-refractivity contribution < 1.29 is 13.9 Å². The number of anilines is 1. The van der Waals surface area contributed by atoms with Gasteiger partial charge >= 0.3 is 0 Å². The summed E-state index contributed by atoms with van der Waals surface area (Å²) in [5.41, 5.74) is 6.19. The molecule has 0 heterocycles. The van der Waals surface area contributed by atoms with Gasteiger partial charge in [0, 0.05) is 11.8 Å². The number of hydrogen-bond donors (Lipinski definition) is 1. The number of benzene rings is 2. The molecule has 0 unspecified atom stereocenters. The van der Waals surface area contributed by atoms with Crippen LogP contribution in [0, 0.1) is 5.82 Å². The minimum absolute atomic E-state index is 0.189. The lowest BCUT2D eigenvalue weighted by atomic mass is 10.2. The molecule has 0 aromatic heterocycles. The van der Waals surface area contributed by atoms with E-state index in [0.717, 1.165) is 0 Å². The summed E-state index contributed by atoms with van der Waals surface area (Å²) in [5.74, 6) is 0.869. The number of ether oxygens (including phenoxy) is 2. The highest BCUT2D eigenvalue weighted by molar-refractivity contribution is 6.32. The van der Waals surface area contributed by atoms with Crippen molar-refractivity contribution in [1.29, 1.82) is 0 Å². The summed E-state index contributed by atoms with van der Waals surface area (Å²) in [5, 5.41) is 0.189. The topological polar surface area (TPSA) is 44.5 Å². The smallest absolute Gasteiger partial charge is 0.169 e. The molecule has 2 aromatic rings. The van der Waals surface area contributed by atoms with E-state index in [1.807, 2.05) is 0 Å². The number of rotatable bonds is 3. The summed E-state index contributed by atoms with van der Waals surface area (Å²) in [7, 11) is 1.51. The van der Waals surface area contributed by atoms with E-state index in [4.69, 9.17) is 26.8 Å². The van der Waals surface area contributed by atoms with Gasteiger partial charge in [0.2, 0.25) is 0 Å². The second-order valence-corrected chi connectivity index (χ2v) is 3.99. The molecule has 3 nitrogen and oxygen atoms in total. The molecule has 2 aromatic carbocycles. The molecular weight excluding hydrogens is 257 g/mol. The van der Waals surface area contributed by atoms with Crippen molar-refractivity contribution in [2.24, 2.45) is 0 Å². The van der Waals surface area contributed by atoms with E-state index >= 15 is 0 Å². The Morgan fingerprint density at radius 2 is 1.78 bits per heavy atom. The number of hydrogen-bond acceptors (Lipinski definition) is 3. The van der Waals surface area contributed by atoms with E-state index in [0.29, 0.717) is 22.9 Å². The summed E-state index contributed by atoms with van der Waals surface area (Å²) in [6.45, 7) is 0. The fraction of sp³-hybridized carbons (Fsp3) is 0.0769.